The molecule has 1 aromatic heterocycles. The van der Waals surface area contributed by atoms with Crippen LogP contribution in [0.1, 0.15) is 17.7 Å². The van der Waals surface area contributed by atoms with Crippen LogP contribution >= 0.6 is 11.6 Å². The number of anilines is 1. The fourth-order valence-electron chi connectivity index (χ4n) is 0.831. The lowest BCUT2D eigenvalue weighted by molar-refractivity contribution is 0.146. The molecule has 1 aromatic rings. The molecule has 3 N–H and O–H groups in total. The first-order chi connectivity index (χ1) is 6.07. The quantitative estimate of drug-likeness (QED) is 0.779. The van der Waals surface area contributed by atoms with E-state index in [1.165, 1.54) is 0 Å². The van der Waals surface area contributed by atoms with Gasteiger partial charge in [-0.15, -0.1) is 0 Å². The zero-order valence-electron chi connectivity index (χ0n) is 6.47. The molecule has 0 spiro atoms. The molecule has 13 heavy (non-hydrogen) atoms. The van der Waals surface area contributed by atoms with Crippen LogP contribution in [0.25, 0.3) is 0 Å². The lowest BCUT2D eigenvalue weighted by Gasteiger charge is -2.07. The number of nitrogens with zero attached hydrogens (tertiary/aromatic N) is 1. The van der Waals surface area contributed by atoms with Gasteiger partial charge in [-0.3, -0.25) is 4.98 Å². The average Bonchev–Trinajstić information content (AvgIpc) is 2.09. The van der Waals surface area contributed by atoms with E-state index in [4.69, 9.17) is 22.4 Å². The summed E-state index contributed by atoms with van der Waals surface area (Å²) in [5.41, 5.74) is 5.01. The third kappa shape index (κ3) is 1.87. The normalized spacial score (nSPS) is 10.8. The van der Waals surface area contributed by atoms with Gasteiger partial charge in [0.2, 0.25) is 0 Å². The van der Waals surface area contributed by atoms with Crippen LogP contribution in [-0.2, 0) is 6.61 Å². The van der Waals surface area contributed by atoms with Crippen LogP contribution in [-0.4, -0.2) is 10.1 Å². The number of pyridine rings is 1. The summed E-state index contributed by atoms with van der Waals surface area (Å²) < 4.78 is 24.4. The Morgan fingerprint density at radius 2 is 2.23 bits per heavy atom. The van der Waals surface area contributed by atoms with Crippen molar-refractivity contribution in [3.05, 3.63) is 22.5 Å². The third-order valence-corrected chi connectivity index (χ3v) is 1.94. The molecule has 0 aliphatic rings. The molecular weight excluding hydrogens is 202 g/mol. The van der Waals surface area contributed by atoms with E-state index >= 15 is 0 Å². The van der Waals surface area contributed by atoms with Crippen molar-refractivity contribution in [1.82, 2.24) is 4.98 Å². The summed E-state index contributed by atoms with van der Waals surface area (Å²) in [5.74, 6) is 0. The third-order valence-electron chi connectivity index (χ3n) is 1.54. The van der Waals surface area contributed by atoms with Gasteiger partial charge in [-0.2, -0.15) is 0 Å². The number of hydrogen-bond donors (Lipinski definition) is 2. The van der Waals surface area contributed by atoms with E-state index < -0.39 is 12.1 Å². The second-order valence-corrected chi connectivity index (χ2v) is 2.73. The van der Waals surface area contributed by atoms with Crippen molar-refractivity contribution in [1.29, 1.82) is 0 Å². The van der Waals surface area contributed by atoms with Crippen molar-refractivity contribution < 1.29 is 13.9 Å². The summed E-state index contributed by atoms with van der Waals surface area (Å²) in [6.07, 6.45) is -1.68. The first-order valence-corrected chi connectivity index (χ1v) is 3.77. The van der Waals surface area contributed by atoms with E-state index in [9.17, 15) is 8.78 Å². The molecule has 0 atom stereocenters. The van der Waals surface area contributed by atoms with Gasteiger partial charge in [0.1, 0.15) is 5.69 Å². The van der Waals surface area contributed by atoms with Crippen LogP contribution in [0.15, 0.2) is 6.20 Å². The Labute approximate surface area is 78.1 Å². The predicted octanol–water partition coefficient (Wildman–Crippen LogP) is 1.75. The molecule has 0 aliphatic carbocycles. The molecule has 0 saturated heterocycles. The summed E-state index contributed by atoms with van der Waals surface area (Å²) in [4.78, 5) is 3.39. The summed E-state index contributed by atoms with van der Waals surface area (Å²) in [5, 5.41) is 8.42. The predicted molar refractivity (Wildman–Crippen MR) is 44.5 cm³/mol. The number of alkyl halides is 2. The Hall–Kier alpha value is -0.940. The highest BCUT2D eigenvalue weighted by Crippen LogP contribution is 2.31. The molecule has 0 amide bonds. The molecule has 0 saturated carbocycles. The smallest absolute Gasteiger partial charge is 0.281 e. The molecule has 3 nitrogen and oxygen atoms in total. The summed E-state index contributed by atoms with van der Waals surface area (Å²) in [6.45, 7) is -0.373. The highest BCUT2D eigenvalue weighted by atomic mass is 35.5. The minimum absolute atomic E-state index is 0.0468. The molecule has 0 bridgehead atoms. The molecule has 0 aliphatic heterocycles. The molecule has 6 heteroatoms. The van der Waals surface area contributed by atoms with Crippen molar-refractivity contribution in [3.8, 4) is 0 Å². The lowest BCUT2D eigenvalue weighted by atomic mass is 10.2. The lowest BCUT2D eigenvalue weighted by Crippen LogP contribution is -2.01. The van der Waals surface area contributed by atoms with E-state index in [0.717, 1.165) is 6.20 Å². The molecule has 0 unspecified atom stereocenters. The van der Waals surface area contributed by atoms with Gasteiger partial charge in [0, 0.05) is 11.8 Å². The molecule has 0 fully saturated rings. The number of nitrogens with two attached hydrogens (primary N) is 1. The number of hydrogen-bond acceptors (Lipinski definition) is 3. The maximum atomic E-state index is 12.2. The van der Waals surface area contributed by atoms with Crippen molar-refractivity contribution in [2.24, 2.45) is 0 Å². The number of aromatic nitrogens is 1. The molecule has 0 aromatic carbocycles. The zero-order valence-corrected chi connectivity index (χ0v) is 7.22. The standard InChI is InChI=1S/C7H7ClF2N2O/c8-4-5(11)3(2-13)1-12-6(4)7(9)10/h1,7,13H,2H2,(H2,11,12). The first kappa shape index (κ1) is 10.1. The fraction of sp³-hybridized carbons (Fsp3) is 0.286. The second kappa shape index (κ2) is 3.85. The van der Waals surface area contributed by atoms with Gasteiger partial charge in [0.05, 0.1) is 17.3 Å². The molecule has 1 rings (SSSR count). The minimum atomic E-state index is -2.76. The van der Waals surface area contributed by atoms with Gasteiger partial charge in [0.25, 0.3) is 6.43 Å². The topological polar surface area (TPSA) is 59.1 Å². The molecule has 0 radical (unpaired) electrons. The van der Waals surface area contributed by atoms with Crippen LogP contribution in [0.5, 0.6) is 0 Å². The summed E-state index contributed by atoms with van der Waals surface area (Å²) in [6, 6.07) is 0. The van der Waals surface area contributed by atoms with Crippen molar-refractivity contribution in [3.63, 3.8) is 0 Å². The van der Waals surface area contributed by atoms with E-state index in [1.807, 2.05) is 0 Å². The van der Waals surface area contributed by atoms with Crippen LogP contribution in [0.2, 0.25) is 5.02 Å². The summed E-state index contributed by atoms with van der Waals surface area (Å²) >= 11 is 5.49. The Morgan fingerprint density at radius 1 is 1.62 bits per heavy atom. The number of nitrogen functional groups attached to an aromatic ring is 1. The maximum absolute atomic E-state index is 12.2. The van der Waals surface area contributed by atoms with Gasteiger partial charge in [0.15, 0.2) is 0 Å². The first-order valence-electron chi connectivity index (χ1n) is 3.39. The van der Waals surface area contributed by atoms with E-state index in [1.54, 1.807) is 0 Å². The Kier molecular flexibility index (Phi) is 3.00. The highest BCUT2D eigenvalue weighted by molar-refractivity contribution is 6.33. The largest absolute Gasteiger partial charge is 0.397 e. The number of aliphatic hydroxyl groups is 1. The van der Waals surface area contributed by atoms with E-state index in [2.05, 4.69) is 4.98 Å². The van der Waals surface area contributed by atoms with Gasteiger partial charge in [-0.05, 0) is 0 Å². The van der Waals surface area contributed by atoms with Gasteiger partial charge >= 0.3 is 0 Å². The van der Waals surface area contributed by atoms with E-state index in [0.29, 0.717) is 0 Å². The van der Waals surface area contributed by atoms with Crippen molar-refractivity contribution in [2.75, 3.05) is 5.73 Å². The number of halogens is 3. The van der Waals surface area contributed by atoms with Crippen LogP contribution in [0.4, 0.5) is 14.5 Å². The Morgan fingerprint density at radius 3 is 2.69 bits per heavy atom. The molecule has 1 heterocycles. The van der Waals surface area contributed by atoms with Gasteiger partial charge < -0.3 is 10.8 Å². The Bertz CT molecular complexity index is 320. The monoisotopic (exact) mass is 208 g/mol. The number of aliphatic hydroxyl groups excluding tert-OH is 1. The minimum Gasteiger partial charge on any atom is -0.397 e. The van der Waals surface area contributed by atoms with Crippen LogP contribution < -0.4 is 5.73 Å². The maximum Gasteiger partial charge on any atom is 0.281 e. The average molecular weight is 209 g/mol. The SMILES string of the molecule is Nc1c(CO)cnc(C(F)F)c1Cl. The van der Waals surface area contributed by atoms with Gasteiger partial charge in [-0.1, -0.05) is 11.6 Å². The van der Waals surface area contributed by atoms with Gasteiger partial charge in [-0.25, -0.2) is 8.78 Å². The summed E-state index contributed by atoms with van der Waals surface area (Å²) in [7, 11) is 0. The van der Waals surface area contributed by atoms with Crippen molar-refractivity contribution in [2.45, 2.75) is 13.0 Å². The number of rotatable bonds is 2. The molecule has 72 valence electrons. The Balaban J connectivity index is 3.23. The van der Waals surface area contributed by atoms with E-state index in [-0.39, 0.29) is 22.9 Å². The second-order valence-electron chi connectivity index (χ2n) is 2.36. The highest BCUT2D eigenvalue weighted by Gasteiger charge is 2.17. The zero-order chi connectivity index (χ0) is 10.0. The van der Waals surface area contributed by atoms with Crippen molar-refractivity contribution >= 4 is 17.3 Å². The molecular formula is C7H7ClF2N2O. The van der Waals surface area contributed by atoms with Crippen LogP contribution in [0, 0.1) is 0 Å². The van der Waals surface area contributed by atoms with Crippen LogP contribution in [0.3, 0.4) is 0 Å². The fourth-order valence-corrected chi connectivity index (χ4v) is 1.08.